The zero-order valence-electron chi connectivity index (χ0n) is 8.64. The Kier molecular flexibility index (Phi) is 3.01. The van der Waals surface area contributed by atoms with E-state index in [-0.39, 0.29) is 0 Å². The number of hydrogen-bond donors (Lipinski definition) is 1. The Balaban J connectivity index is 1.83. The second-order valence-electron chi connectivity index (χ2n) is 4.72. The minimum Gasteiger partial charge on any atom is -0.309 e. The van der Waals surface area contributed by atoms with Crippen molar-refractivity contribution >= 4 is 27.3 Å². The average Bonchev–Trinajstić information content (AvgIpc) is 2.50. The van der Waals surface area contributed by atoms with Crippen molar-refractivity contribution < 1.29 is 0 Å². The van der Waals surface area contributed by atoms with Gasteiger partial charge >= 0.3 is 0 Å². The van der Waals surface area contributed by atoms with Crippen LogP contribution in [-0.4, -0.2) is 6.04 Å². The summed E-state index contributed by atoms with van der Waals surface area (Å²) < 4.78 is 1.22. The van der Waals surface area contributed by atoms with Gasteiger partial charge in [-0.25, -0.2) is 0 Å². The van der Waals surface area contributed by atoms with Crippen LogP contribution in [-0.2, 0) is 6.54 Å². The minimum absolute atomic E-state index is 0.507. The molecule has 1 N–H and O–H groups in total. The molecule has 14 heavy (non-hydrogen) atoms. The van der Waals surface area contributed by atoms with Gasteiger partial charge in [0.1, 0.15) is 0 Å². The molecule has 1 heterocycles. The van der Waals surface area contributed by atoms with Crippen LogP contribution >= 0.6 is 27.3 Å². The third-order valence-electron chi connectivity index (χ3n) is 3.20. The van der Waals surface area contributed by atoms with Gasteiger partial charge in [0.2, 0.25) is 0 Å². The fourth-order valence-electron chi connectivity index (χ4n) is 1.92. The number of halogens is 1. The molecule has 78 valence electrons. The molecule has 0 saturated heterocycles. The highest BCUT2D eigenvalue weighted by atomic mass is 79.9. The van der Waals surface area contributed by atoms with E-state index in [1.165, 1.54) is 22.2 Å². The number of rotatable bonds is 3. The molecule has 0 amide bonds. The summed E-state index contributed by atoms with van der Waals surface area (Å²) in [4.78, 5) is 0. The van der Waals surface area contributed by atoms with Crippen LogP contribution in [0.15, 0.2) is 15.2 Å². The summed E-state index contributed by atoms with van der Waals surface area (Å²) in [5.74, 6) is 0. The Morgan fingerprint density at radius 3 is 2.86 bits per heavy atom. The average molecular weight is 274 g/mol. The van der Waals surface area contributed by atoms with Gasteiger partial charge in [0.05, 0.1) is 3.79 Å². The van der Waals surface area contributed by atoms with Crippen LogP contribution in [0.1, 0.15) is 32.3 Å². The van der Waals surface area contributed by atoms with Gasteiger partial charge in [0, 0.05) is 12.6 Å². The van der Waals surface area contributed by atoms with Crippen molar-refractivity contribution in [2.24, 2.45) is 5.41 Å². The molecule has 1 aromatic heterocycles. The van der Waals surface area contributed by atoms with E-state index in [1.807, 2.05) is 0 Å². The maximum Gasteiger partial charge on any atom is 0.0701 e. The molecule has 2 rings (SSSR count). The lowest BCUT2D eigenvalue weighted by molar-refractivity contribution is 0.108. The van der Waals surface area contributed by atoms with E-state index in [4.69, 9.17) is 0 Å². The zero-order chi connectivity index (χ0) is 10.2. The highest BCUT2D eigenvalue weighted by molar-refractivity contribution is 9.11. The molecule has 1 unspecified atom stereocenters. The van der Waals surface area contributed by atoms with Crippen molar-refractivity contribution in [1.82, 2.24) is 5.32 Å². The quantitative estimate of drug-likeness (QED) is 0.884. The van der Waals surface area contributed by atoms with Crippen molar-refractivity contribution in [2.75, 3.05) is 0 Å². The van der Waals surface area contributed by atoms with Crippen LogP contribution in [0.2, 0.25) is 0 Å². The molecule has 0 radical (unpaired) electrons. The predicted octanol–water partition coefficient (Wildman–Crippen LogP) is 3.79. The maximum atomic E-state index is 3.62. The van der Waals surface area contributed by atoms with Crippen molar-refractivity contribution in [3.05, 3.63) is 20.8 Å². The lowest BCUT2D eigenvalue weighted by Gasteiger charge is -2.45. The standard InChI is InChI=1S/C11H16BrNS/c1-11(2)4-3-9(11)13-6-8-5-10(12)14-7-8/h5,7,9,13H,3-4,6H2,1-2H3. The van der Waals surface area contributed by atoms with E-state index < -0.39 is 0 Å². The Labute approximate surface area is 98.0 Å². The van der Waals surface area contributed by atoms with Gasteiger partial charge in [0.25, 0.3) is 0 Å². The van der Waals surface area contributed by atoms with Gasteiger partial charge in [-0.3, -0.25) is 0 Å². The summed E-state index contributed by atoms with van der Waals surface area (Å²) in [6.45, 7) is 5.70. The van der Waals surface area contributed by atoms with Gasteiger partial charge in [-0.1, -0.05) is 13.8 Å². The van der Waals surface area contributed by atoms with Crippen molar-refractivity contribution in [2.45, 2.75) is 39.3 Å². The Bertz CT molecular complexity index is 319. The Morgan fingerprint density at radius 2 is 2.43 bits per heavy atom. The van der Waals surface area contributed by atoms with E-state index in [9.17, 15) is 0 Å². The normalized spacial score (nSPS) is 24.6. The van der Waals surface area contributed by atoms with Crippen LogP contribution in [0, 0.1) is 5.41 Å². The summed E-state index contributed by atoms with van der Waals surface area (Å²) in [7, 11) is 0. The number of hydrogen-bond acceptors (Lipinski definition) is 2. The van der Waals surface area contributed by atoms with Crippen LogP contribution in [0.25, 0.3) is 0 Å². The van der Waals surface area contributed by atoms with Gasteiger partial charge in [-0.05, 0) is 51.2 Å². The Morgan fingerprint density at radius 1 is 1.64 bits per heavy atom. The molecule has 0 spiro atoms. The molecular formula is C11H16BrNS. The third kappa shape index (κ3) is 2.20. The van der Waals surface area contributed by atoms with Crippen LogP contribution in [0.4, 0.5) is 0 Å². The molecule has 1 aromatic rings. The molecule has 0 bridgehead atoms. The first kappa shape index (κ1) is 10.7. The molecule has 1 nitrogen and oxygen atoms in total. The molecule has 1 aliphatic rings. The molecule has 3 heteroatoms. The fourth-order valence-corrected chi connectivity index (χ4v) is 3.13. The largest absolute Gasteiger partial charge is 0.309 e. The molecule has 1 aliphatic carbocycles. The molecule has 0 aliphatic heterocycles. The molecule has 0 aromatic carbocycles. The molecule has 1 fully saturated rings. The van der Waals surface area contributed by atoms with E-state index in [0.717, 1.165) is 6.54 Å². The smallest absolute Gasteiger partial charge is 0.0701 e. The summed E-state index contributed by atoms with van der Waals surface area (Å²) in [5.41, 5.74) is 1.90. The first-order chi connectivity index (χ1) is 6.58. The van der Waals surface area contributed by atoms with E-state index in [0.29, 0.717) is 11.5 Å². The maximum absolute atomic E-state index is 3.62. The van der Waals surface area contributed by atoms with Gasteiger partial charge in [-0.15, -0.1) is 11.3 Å². The van der Waals surface area contributed by atoms with Crippen molar-refractivity contribution in [3.63, 3.8) is 0 Å². The summed E-state index contributed by atoms with van der Waals surface area (Å²) in [6.07, 6.45) is 2.69. The van der Waals surface area contributed by atoms with Crippen LogP contribution in [0.5, 0.6) is 0 Å². The van der Waals surface area contributed by atoms with Crippen molar-refractivity contribution in [3.8, 4) is 0 Å². The third-order valence-corrected chi connectivity index (χ3v) is 4.75. The molecule has 1 atom stereocenters. The predicted molar refractivity (Wildman–Crippen MR) is 65.7 cm³/mol. The second-order valence-corrected chi connectivity index (χ2v) is 7.01. The van der Waals surface area contributed by atoms with Gasteiger partial charge in [0.15, 0.2) is 0 Å². The summed E-state index contributed by atoms with van der Waals surface area (Å²) >= 11 is 5.24. The van der Waals surface area contributed by atoms with E-state index in [2.05, 4.69) is 46.5 Å². The minimum atomic E-state index is 0.507. The number of thiophene rings is 1. The SMILES string of the molecule is CC1(C)CCC1NCc1csc(Br)c1. The lowest BCUT2D eigenvalue weighted by atomic mass is 9.67. The summed E-state index contributed by atoms with van der Waals surface area (Å²) in [5, 5.41) is 5.84. The van der Waals surface area contributed by atoms with Crippen LogP contribution < -0.4 is 5.32 Å². The Hall–Kier alpha value is 0.140. The molecule has 1 saturated carbocycles. The topological polar surface area (TPSA) is 12.0 Å². The second kappa shape index (κ2) is 3.95. The fraction of sp³-hybridized carbons (Fsp3) is 0.636. The first-order valence-electron chi connectivity index (χ1n) is 5.04. The van der Waals surface area contributed by atoms with E-state index in [1.54, 1.807) is 11.3 Å². The van der Waals surface area contributed by atoms with Gasteiger partial charge in [-0.2, -0.15) is 0 Å². The van der Waals surface area contributed by atoms with E-state index >= 15 is 0 Å². The first-order valence-corrected chi connectivity index (χ1v) is 6.71. The molecular weight excluding hydrogens is 258 g/mol. The zero-order valence-corrected chi connectivity index (χ0v) is 11.0. The van der Waals surface area contributed by atoms with Crippen molar-refractivity contribution in [1.29, 1.82) is 0 Å². The monoisotopic (exact) mass is 273 g/mol. The lowest BCUT2D eigenvalue weighted by Crippen LogP contribution is -2.49. The highest BCUT2D eigenvalue weighted by Crippen LogP contribution is 2.40. The van der Waals surface area contributed by atoms with Crippen LogP contribution in [0.3, 0.4) is 0 Å². The number of nitrogens with one attached hydrogen (secondary N) is 1. The summed E-state index contributed by atoms with van der Waals surface area (Å²) in [6, 6.07) is 2.91. The highest BCUT2D eigenvalue weighted by Gasteiger charge is 2.37. The van der Waals surface area contributed by atoms with Gasteiger partial charge < -0.3 is 5.32 Å².